The first kappa shape index (κ1) is 30.1. The number of rotatable bonds is 8. The quantitative estimate of drug-likeness (QED) is 0.164. The van der Waals surface area contributed by atoms with Gasteiger partial charge in [0.1, 0.15) is 0 Å². The molecule has 44 heavy (non-hydrogen) atoms. The van der Waals surface area contributed by atoms with Crippen LogP contribution in [0.3, 0.4) is 0 Å². The number of fused-ring (bicyclic) bond motifs is 8. The summed E-state index contributed by atoms with van der Waals surface area (Å²) in [6, 6.07) is 37.4. The third kappa shape index (κ3) is 4.38. The van der Waals surface area contributed by atoms with E-state index in [1.807, 2.05) is 0 Å². The molecule has 2 aliphatic carbocycles. The van der Waals surface area contributed by atoms with Gasteiger partial charge in [0, 0.05) is 0 Å². The molecule has 224 valence electrons. The van der Waals surface area contributed by atoms with Gasteiger partial charge in [-0.05, 0) is 0 Å². The molecule has 0 aromatic heterocycles. The molecule has 2 heteroatoms. The van der Waals surface area contributed by atoms with E-state index >= 15 is 0 Å². The van der Waals surface area contributed by atoms with Crippen LogP contribution in [0.25, 0.3) is 32.6 Å². The molecule has 0 saturated heterocycles. The molecule has 0 amide bonds. The predicted octanol–water partition coefficient (Wildman–Crippen LogP) is 12.8. The topological polar surface area (TPSA) is 0 Å². The van der Waals surface area contributed by atoms with Crippen molar-refractivity contribution in [2.75, 3.05) is 0 Å². The zero-order chi connectivity index (χ0) is 30.6. The van der Waals surface area contributed by atoms with Crippen molar-refractivity contribution in [1.29, 1.82) is 0 Å². The molecule has 2 unspecified atom stereocenters. The van der Waals surface area contributed by atoms with Crippen LogP contribution in [0, 0.1) is 0 Å². The maximum atomic E-state index is 2.70. The van der Waals surface area contributed by atoms with E-state index < -0.39 is 28.3 Å². The summed E-state index contributed by atoms with van der Waals surface area (Å²) in [6.07, 6.45) is 5.34. The molecule has 1 aliphatic heterocycles. The number of unbranched alkanes of at least 4 members (excludes halogenated alkanes) is 2. The molecule has 0 saturated carbocycles. The Bertz CT molecular complexity index is 1640. The van der Waals surface area contributed by atoms with E-state index in [9.17, 15) is 0 Å². The average Bonchev–Trinajstić information content (AvgIpc) is 3.54. The first-order chi connectivity index (χ1) is 21.4. The van der Waals surface area contributed by atoms with Crippen LogP contribution in [-0.2, 0) is 20.3 Å². The van der Waals surface area contributed by atoms with Crippen molar-refractivity contribution in [2.45, 2.75) is 82.0 Å². The summed E-state index contributed by atoms with van der Waals surface area (Å²) in [7, 11) is -2.14. The second-order valence-corrected chi connectivity index (χ2v) is 29.9. The molecule has 2 atom stereocenters. The van der Waals surface area contributed by atoms with Gasteiger partial charge in [0.2, 0.25) is 0 Å². The fourth-order valence-corrected chi connectivity index (χ4v) is 33.6. The van der Waals surface area contributed by atoms with Crippen molar-refractivity contribution in [3.05, 3.63) is 130 Å². The SMILES string of the molecule is CCC[CH2][Zr]1([CH2]CCC)[CH]2C(C)=C(c3c(-c4ccccc4)cccc32)[Si](C)(C)C2=C(C)[CH]1c1cccc(-c3ccccc3)c12. The zero-order valence-electron chi connectivity index (χ0n) is 27.6. The van der Waals surface area contributed by atoms with Crippen molar-refractivity contribution in [3.8, 4) is 22.3 Å². The Morgan fingerprint density at radius 1 is 0.545 bits per heavy atom. The van der Waals surface area contributed by atoms with Crippen molar-refractivity contribution >= 4 is 18.5 Å². The zero-order valence-corrected chi connectivity index (χ0v) is 31.1. The summed E-state index contributed by atoms with van der Waals surface area (Å²) < 4.78 is 4.30. The van der Waals surface area contributed by atoms with Crippen LogP contribution in [0.15, 0.2) is 108 Å². The Morgan fingerprint density at radius 2 is 0.955 bits per heavy atom. The second kappa shape index (κ2) is 11.7. The van der Waals surface area contributed by atoms with Gasteiger partial charge in [0.15, 0.2) is 0 Å². The van der Waals surface area contributed by atoms with Crippen LogP contribution in [0.4, 0.5) is 0 Å². The van der Waals surface area contributed by atoms with Crippen molar-refractivity contribution in [3.63, 3.8) is 0 Å². The Hall–Kier alpha value is -2.54. The number of hydrogen-bond acceptors (Lipinski definition) is 0. The van der Waals surface area contributed by atoms with Gasteiger partial charge in [-0.3, -0.25) is 0 Å². The van der Waals surface area contributed by atoms with Gasteiger partial charge in [0.05, 0.1) is 0 Å². The molecule has 4 bridgehead atoms. The van der Waals surface area contributed by atoms with E-state index in [-0.39, 0.29) is 0 Å². The van der Waals surface area contributed by atoms with Crippen LogP contribution in [-0.4, -0.2) is 8.07 Å². The Morgan fingerprint density at radius 3 is 1.34 bits per heavy atom. The third-order valence-electron chi connectivity index (χ3n) is 11.5. The predicted molar refractivity (Wildman–Crippen MR) is 191 cm³/mol. The van der Waals surface area contributed by atoms with E-state index in [2.05, 4.69) is 138 Å². The fraction of sp³-hybridized carbons (Fsp3) is 0.333. The van der Waals surface area contributed by atoms with Gasteiger partial charge in [-0.2, -0.15) is 0 Å². The average molecular weight is 672 g/mol. The fourth-order valence-electron chi connectivity index (χ4n) is 10.1. The molecule has 0 N–H and O–H groups in total. The molecular formula is C42H48SiZr. The number of hydrogen-bond donors (Lipinski definition) is 0. The molecular weight excluding hydrogens is 624 g/mol. The summed E-state index contributed by atoms with van der Waals surface area (Å²) in [5, 5.41) is 3.55. The molecule has 0 fully saturated rings. The molecule has 0 nitrogen and oxygen atoms in total. The molecule has 0 radical (unpaired) electrons. The minimum absolute atomic E-state index is 0.663. The summed E-state index contributed by atoms with van der Waals surface area (Å²) >= 11 is -3.13. The monoisotopic (exact) mass is 670 g/mol. The Labute approximate surface area is 271 Å². The number of benzene rings is 4. The van der Waals surface area contributed by atoms with Gasteiger partial charge in [0.25, 0.3) is 0 Å². The van der Waals surface area contributed by atoms with Crippen molar-refractivity contribution < 1.29 is 20.3 Å². The van der Waals surface area contributed by atoms with Gasteiger partial charge in [-0.25, -0.2) is 0 Å². The first-order valence-electron chi connectivity index (χ1n) is 17.2. The second-order valence-electron chi connectivity index (χ2n) is 14.3. The molecule has 7 rings (SSSR count). The van der Waals surface area contributed by atoms with E-state index in [0.29, 0.717) is 7.25 Å². The van der Waals surface area contributed by atoms with E-state index in [1.54, 1.807) is 43.8 Å². The standard InChI is InChI=1S/C34H30Si.2C4H9.Zr/c1-23-21-27-17-11-19-29(25-13-7-5-8-14-25)31(27)33(23)35(3,4)34-24(2)22-28-18-12-20-30(32(28)34)26-15-9-6-10-16-26;2*1-3-4-2;/h5-22H,1-4H3;2*1,3-4H2,2H3;. The molecule has 4 aromatic rings. The van der Waals surface area contributed by atoms with E-state index in [0.717, 1.165) is 0 Å². The Kier molecular flexibility index (Phi) is 7.99. The summed E-state index contributed by atoms with van der Waals surface area (Å²) in [6.45, 7) is 15.5. The van der Waals surface area contributed by atoms with Gasteiger partial charge in [-0.1, -0.05) is 0 Å². The number of allylic oxidation sites excluding steroid dienone is 2. The van der Waals surface area contributed by atoms with Crippen LogP contribution in [0.1, 0.15) is 82.9 Å². The van der Waals surface area contributed by atoms with Crippen LogP contribution >= 0.6 is 0 Å². The normalized spacial score (nSPS) is 20.8. The summed E-state index contributed by atoms with van der Waals surface area (Å²) in [5.74, 6) is 0. The van der Waals surface area contributed by atoms with Crippen LogP contribution < -0.4 is 0 Å². The van der Waals surface area contributed by atoms with Crippen LogP contribution in [0.2, 0.25) is 21.4 Å². The van der Waals surface area contributed by atoms with Crippen LogP contribution in [0.5, 0.6) is 0 Å². The Balaban J connectivity index is 1.60. The summed E-state index contributed by atoms with van der Waals surface area (Å²) in [4.78, 5) is 0. The molecule has 3 aliphatic rings. The van der Waals surface area contributed by atoms with Crippen molar-refractivity contribution in [2.24, 2.45) is 0 Å². The minimum atomic E-state index is -3.13. The van der Waals surface area contributed by atoms with E-state index in [1.165, 1.54) is 56.2 Å². The summed E-state index contributed by atoms with van der Waals surface area (Å²) in [5.41, 5.74) is 16.0. The third-order valence-corrected chi connectivity index (χ3v) is 30.9. The van der Waals surface area contributed by atoms with E-state index in [4.69, 9.17) is 0 Å². The van der Waals surface area contributed by atoms with Gasteiger partial charge >= 0.3 is 273 Å². The molecule has 1 heterocycles. The van der Waals surface area contributed by atoms with Crippen molar-refractivity contribution in [1.82, 2.24) is 0 Å². The molecule has 0 spiro atoms. The first-order valence-corrected chi connectivity index (χ1v) is 26.5. The maximum absolute atomic E-state index is 3.13. The molecule has 4 aromatic carbocycles. The van der Waals surface area contributed by atoms with Gasteiger partial charge in [-0.15, -0.1) is 0 Å². The van der Waals surface area contributed by atoms with Gasteiger partial charge < -0.3 is 0 Å².